The number of amides is 1. The van der Waals surface area contributed by atoms with E-state index in [1.807, 2.05) is 0 Å². The molecule has 0 atom stereocenters. The SMILES string of the molecule is CC(=O)c1cccc(NC(=O)Cn2c(=O)n(-c3ccc(F)cc3)c(=O)c3c2cc(C)n3C)c1. The summed E-state index contributed by atoms with van der Waals surface area (Å²) < 4.78 is 17.2. The summed E-state index contributed by atoms with van der Waals surface area (Å²) in [6, 6.07) is 13.1. The molecule has 0 spiro atoms. The molecule has 0 fully saturated rings. The molecule has 4 rings (SSSR count). The molecular formula is C24H21FN4O4. The lowest BCUT2D eigenvalue weighted by Crippen LogP contribution is -2.41. The predicted molar refractivity (Wildman–Crippen MR) is 123 cm³/mol. The third-order valence-electron chi connectivity index (χ3n) is 5.51. The predicted octanol–water partition coefficient (Wildman–Crippen LogP) is 2.78. The first-order chi connectivity index (χ1) is 15.7. The Hall–Kier alpha value is -4.27. The molecule has 1 N–H and O–H groups in total. The van der Waals surface area contributed by atoms with Crippen molar-refractivity contribution in [2.75, 3.05) is 5.32 Å². The number of carbonyl (C=O) groups is 2. The summed E-state index contributed by atoms with van der Waals surface area (Å²) in [5.41, 5.74) is 1.03. The molecule has 4 aromatic rings. The molecule has 2 heterocycles. The van der Waals surface area contributed by atoms with Crippen LogP contribution in [0.4, 0.5) is 10.1 Å². The maximum atomic E-state index is 13.4. The Kier molecular flexibility index (Phi) is 5.55. The van der Waals surface area contributed by atoms with E-state index < -0.39 is 23.0 Å². The van der Waals surface area contributed by atoms with E-state index in [1.165, 1.54) is 23.6 Å². The number of hydrogen-bond acceptors (Lipinski definition) is 4. The van der Waals surface area contributed by atoms with Gasteiger partial charge in [-0.05, 0) is 56.3 Å². The Morgan fingerprint density at radius 2 is 1.73 bits per heavy atom. The maximum Gasteiger partial charge on any atom is 0.336 e. The minimum Gasteiger partial charge on any atom is -0.342 e. The molecule has 1 amide bonds. The fourth-order valence-corrected chi connectivity index (χ4v) is 3.72. The van der Waals surface area contributed by atoms with Crippen LogP contribution in [0.1, 0.15) is 23.0 Å². The minimum atomic E-state index is -0.725. The zero-order valence-corrected chi connectivity index (χ0v) is 18.3. The number of benzene rings is 2. The zero-order chi connectivity index (χ0) is 23.9. The van der Waals surface area contributed by atoms with Crippen molar-refractivity contribution < 1.29 is 14.0 Å². The van der Waals surface area contributed by atoms with Crippen molar-refractivity contribution in [3.63, 3.8) is 0 Å². The summed E-state index contributed by atoms with van der Waals surface area (Å²) >= 11 is 0. The number of halogens is 1. The van der Waals surface area contributed by atoms with E-state index in [2.05, 4.69) is 5.32 Å². The van der Waals surface area contributed by atoms with Crippen LogP contribution >= 0.6 is 0 Å². The van der Waals surface area contributed by atoms with Crippen molar-refractivity contribution in [2.45, 2.75) is 20.4 Å². The molecule has 0 aliphatic rings. The van der Waals surface area contributed by atoms with Gasteiger partial charge in [0, 0.05) is 24.0 Å². The largest absolute Gasteiger partial charge is 0.342 e. The number of rotatable bonds is 5. The third kappa shape index (κ3) is 4.00. The molecule has 2 aromatic heterocycles. The molecule has 8 nitrogen and oxygen atoms in total. The lowest BCUT2D eigenvalue weighted by Gasteiger charge is -2.13. The molecule has 0 saturated carbocycles. The van der Waals surface area contributed by atoms with Gasteiger partial charge in [-0.2, -0.15) is 0 Å². The van der Waals surface area contributed by atoms with Crippen LogP contribution in [0, 0.1) is 12.7 Å². The fourth-order valence-electron chi connectivity index (χ4n) is 3.72. The summed E-state index contributed by atoms with van der Waals surface area (Å²) in [4.78, 5) is 51.0. The summed E-state index contributed by atoms with van der Waals surface area (Å²) in [6.45, 7) is 2.84. The van der Waals surface area contributed by atoms with E-state index in [0.29, 0.717) is 16.8 Å². The number of fused-ring (bicyclic) bond motifs is 1. The number of Topliss-reactive ketones (excluding diaryl/α,β-unsaturated/α-hetero) is 1. The minimum absolute atomic E-state index is 0.143. The lowest BCUT2D eigenvalue weighted by molar-refractivity contribution is -0.116. The first-order valence-corrected chi connectivity index (χ1v) is 10.2. The van der Waals surface area contributed by atoms with Crippen molar-refractivity contribution >= 4 is 28.4 Å². The van der Waals surface area contributed by atoms with Crippen LogP contribution in [0.3, 0.4) is 0 Å². The highest BCUT2D eigenvalue weighted by Crippen LogP contribution is 2.16. The van der Waals surface area contributed by atoms with E-state index in [9.17, 15) is 23.6 Å². The van der Waals surface area contributed by atoms with Crippen molar-refractivity contribution in [3.8, 4) is 5.69 Å². The van der Waals surface area contributed by atoms with Crippen LogP contribution in [-0.4, -0.2) is 25.4 Å². The van der Waals surface area contributed by atoms with E-state index in [-0.39, 0.29) is 23.5 Å². The van der Waals surface area contributed by atoms with Crippen LogP contribution in [-0.2, 0) is 18.4 Å². The Morgan fingerprint density at radius 1 is 1.03 bits per heavy atom. The van der Waals surface area contributed by atoms with E-state index in [0.717, 1.165) is 22.4 Å². The fraction of sp³-hybridized carbons (Fsp3) is 0.167. The second-order valence-electron chi connectivity index (χ2n) is 7.75. The summed E-state index contributed by atoms with van der Waals surface area (Å²) in [5, 5.41) is 2.69. The Bertz CT molecular complexity index is 1530. The van der Waals surface area contributed by atoms with Crippen LogP contribution in [0.2, 0.25) is 0 Å². The summed E-state index contributed by atoms with van der Waals surface area (Å²) in [5.74, 6) is -1.16. The van der Waals surface area contributed by atoms with Crippen molar-refractivity contribution in [1.82, 2.24) is 13.7 Å². The number of ketones is 1. The third-order valence-corrected chi connectivity index (χ3v) is 5.51. The lowest BCUT2D eigenvalue weighted by atomic mass is 10.1. The van der Waals surface area contributed by atoms with Crippen molar-refractivity contribution in [3.05, 3.63) is 92.5 Å². The summed E-state index contributed by atoms with van der Waals surface area (Å²) in [7, 11) is 1.69. The van der Waals surface area contributed by atoms with Gasteiger partial charge in [-0.3, -0.25) is 19.0 Å². The first kappa shape index (κ1) is 21.9. The average molecular weight is 448 g/mol. The number of nitrogens with one attached hydrogen (secondary N) is 1. The zero-order valence-electron chi connectivity index (χ0n) is 18.3. The van der Waals surface area contributed by atoms with Gasteiger partial charge < -0.3 is 9.88 Å². The van der Waals surface area contributed by atoms with E-state index >= 15 is 0 Å². The second kappa shape index (κ2) is 8.34. The number of hydrogen-bond donors (Lipinski definition) is 1. The number of aryl methyl sites for hydroxylation is 2. The van der Waals surface area contributed by atoms with Gasteiger partial charge in [0.05, 0.1) is 11.2 Å². The second-order valence-corrected chi connectivity index (χ2v) is 7.75. The molecule has 0 radical (unpaired) electrons. The Labute approximate surface area is 187 Å². The van der Waals surface area contributed by atoms with E-state index in [4.69, 9.17) is 0 Å². The number of carbonyl (C=O) groups excluding carboxylic acids is 2. The van der Waals surface area contributed by atoms with Gasteiger partial charge in [0.25, 0.3) is 5.56 Å². The van der Waals surface area contributed by atoms with Gasteiger partial charge in [-0.1, -0.05) is 12.1 Å². The van der Waals surface area contributed by atoms with Crippen LogP contribution in [0.15, 0.2) is 64.2 Å². The van der Waals surface area contributed by atoms with Gasteiger partial charge in [0.1, 0.15) is 17.9 Å². The quantitative estimate of drug-likeness (QED) is 0.475. The molecule has 168 valence electrons. The highest BCUT2D eigenvalue weighted by atomic mass is 19.1. The summed E-state index contributed by atoms with van der Waals surface area (Å²) in [6.07, 6.45) is 0. The molecule has 33 heavy (non-hydrogen) atoms. The number of nitrogens with zero attached hydrogens (tertiary/aromatic N) is 3. The monoisotopic (exact) mass is 448 g/mol. The standard InChI is InChI=1S/C24H21FN4O4/c1-14-11-20-22(27(14)3)23(32)29(19-9-7-17(25)8-10-19)24(33)28(20)13-21(31)26-18-6-4-5-16(12-18)15(2)30/h4-12H,13H2,1-3H3,(H,26,31). The van der Waals surface area contributed by atoms with E-state index in [1.54, 1.807) is 48.9 Å². The molecule has 9 heteroatoms. The molecule has 0 unspecified atom stereocenters. The van der Waals surface area contributed by atoms with Crippen LogP contribution in [0.5, 0.6) is 0 Å². The van der Waals surface area contributed by atoms with Crippen LogP contribution in [0.25, 0.3) is 16.7 Å². The van der Waals surface area contributed by atoms with Gasteiger partial charge in [-0.15, -0.1) is 0 Å². The van der Waals surface area contributed by atoms with Gasteiger partial charge in [0.15, 0.2) is 5.78 Å². The maximum absolute atomic E-state index is 13.4. The van der Waals surface area contributed by atoms with Gasteiger partial charge in [0.2, 0.25) is 5.91 Å². The highest BCUT2D eigenvalue weighted by molar-refractivity contribution is 5.97. The van der Waals surface area contributed by atoms with Crippen LogP contribution < -0.4 is 16.6 Å². The highest BCUT2D eigenvalue weighted by Gasteiger charge is 2.20. The molecule has 0 aliphatic heterocycles. The Balaban J connectivity index is 1.82. The van der Waals surface area contributed by atoms with Gasteiger partial charge in [-0.25, -0.2) is 13.8 Å². The van der Waals surface area contributed by atoms with Crippen molar-refractivity contribution in [2.24, 2.45) is 7.05 Å². The number of aromatic nitrogens is 3. The Morgan fingerprint density at radius 3 is 2.39 bits per heavy atom. The molecule has 2 aromatic carbocycles. The molecule has 0 saturated heterocycles. The number of anilines is 1. The smallest absolute Gasteiger partial charge is 0.336 e. The normalized spacial score (nSPS) is 11.0. The molecular weight excluding hydrogens is 427 g/mol. The first-order valence-electron chi connectivity index (χ1n) is 10.2. The molecule has 0 bridgehead atoms. The topological polar surface area (TPSA) is 95.1 Å². The van der Waals surface area contributed by atoms with Gasteiger partial charge >= 0.3 is 5.69 Å². The average Bonchev–Trinajstić information content (AvgIpc) is 3.07. The molecule has 0 aliphatic carbocycles. The van der Waals surface area contributed by atoms with Crippen molar-refractivity contribution in [1.29, 1.82) is 0 Å².